The van der Waals surface area contributed by atoms with Gasteiger partial charge in [0.15, 0.2) is 0 Å². The Balaban J connectivity index is 0.000000887. The summed E-state index contributed by atoms with van der Waals surface area (Å²) in [4.78, 5) is 33.3. The Morgan fingerprint density at radius 2 is 1.75 bits per heavy atom. The summed E-state index contributed by atoms with van der Waals surface area (Å²) in [5, 5.41) is 19.6. The van der Waals surface area contributed by atoms with Gasteiger partial charge in [-0.15, -0.1) is 0 Å². The van der Waals surface area contributed by atoms with Gasteiger partial charge in [0, 0.05) is 13.1 Å². The van der Waals surface area contributed by atoms with Gasteiger partial charge in [0.2, 0.25) is 5.91 Å². The van der Waals surface area contributed by atoms with Crippen LogP contribution in [0.4, 0.5) is 13.2 Å². The molecule has 7 nitrogen and oxygen atoms in total. The lowest BCUT2D eigenvalue weighted by atomic mass is 10.2. The zero-order valence-electron chi connectivity index (χ0n) is 15.2. The van der Waals surface area contributed by atoms with Crippen LogP contribution in [0, 0.1) is 0 Å². The molecule has 0 heterocycles. The smallest absolute Gasteiger partial charge is 0.430 e. The molecule has 0 atom stereocenters. The minimum atomic E-state index is -5.19. The molecule has 0 radical (unpaired) electrons. The number of amides is 1. The van der Waals surface area contributed by atoms with Gasteiger partial charge in [-0.05, 0) is 11.6 Å². The van der Waals surface area contributed by atoms with E-state index in [1.165, 1.54) is 0 Å². The van der Waals surface area contributed by atoms with E-state index < -0.39 is 18.1 Å². The molecule has 0 aliphatic heterocycles. The first-order chi connectivity index (χ1) is 13.1. The van der Waals surface area contributed by atoms with Crippen molar-refractivity contribution < 1.29 is 43.1 Å². The van der Waals surface area contributed by atoms with Gasteiger partial charge in [0.05, 0.1) is 25.9 Å². The number of quaternary nitrogens is 1. The lowest BCUT2D eigenvalue weighted by Crippen LogP contribution is -2.84. The predicted octanol–water partition coefficient (Wildman–Crippen LogP) is -0.0720. The van der Waals surface area contributed by atoms with Crippen LogP contribution in [-0.2, 0) is 20.9 Å². The van der Waals surface area contributed by atoms with E-state index in [0.717, 1.165) is 12.1 Å². The number of hydrogen-bond acceptors (Lipinski definition) is 4. The summed E-state index contributed by atoms with van der Waals surface area (Å²) in [6.45, 7) is 5.78. The van der Waals surface area contributed by atoms with E-state index in [1.54, 1.807) is 11.0 Å². The number of nitrogens with zero attached hydrogens (tertiary/aromatic N) is 1. The minimum absolute atomic E-state index is 0.0135. The van der Waals surface area contributed by atoms with Crippen molar-refractivity contribution in [1.29, 1.82) is 0 Å². The van der Waals surface area contributed by atoms with Crippen LogP contribution in [0.25, 0.3) is 0 Å². The summed E-state index contributed by atoms with van der Waals surface area (Å²) in [7, 11) is 0. The van der Waals surface area contributed by atoms with Gasteiger partial charge >= 0.3 is 12.1 Å². The summed E-state index contributed by atoms with van der Waals surface area (Å²) < 4.78 is 31.5. The van der Waals surface area contributed by atoms with Crippen molar-refractivity contribution in [3.63, 3.8) is 0 Å². The second kappa shape index (κ2) is 13.3. The largest absolute Gasteiger partial charge is 0.542 e. The van der Waals surface area contributed by atoms with Crippen molar-refractivity contribution in [1.82, 2.24) is 4.90 Å². The highest BCUT2D eigenvalue weighted by molar-refractivity contribution is 5.77. The maximum atomic E-state index is 12.2. The summed E-state index contributed by atoms with van der Waals surface area (Å²) in [5.74, 6) is -3.91. The van der Waals surface area contributed by atoms with Crippen molar-refractivity contribution in [2.45, 2.75) is 25.6 Å². The summed E-state index contributed by atoms with van der Waals surface area (Å²) in [6.07, 6.45) is -3.04. The second-order valence-corrected chi connectivity index (χ2v) is 5.58. The lowest BCUT2D eigenvalue weighted by Gasteiger charge is -2.22. The highest BCUT2D eigenvalue weighted by atomic mass is 19.4. The van der Waals surface area contributed by atoms with Gasteiger partial charge in [-0.1, -0.05) is 36.9 Å². The first-order valence-electron chi connectivity index (χ1n) is 8.32. The van der Waals surface area contributed by atoms with Gasteiger partial charge in [0.1, 0.15) is 5.97 Å². The first kappa shape index (κ1) is 25.1. The third-order valence-electron chi connectivity index (χ3n) is 3.29. The number of aliphatic carboxylic acids is 2. The van der Waals surface area contributed by atoms with E-state index in [2.05, 4.69) is 6.58 Å². The summed E-state index contributed by atoms with van der Waals surface area (Å²) >= 11 is 0. The molecule has 0 aromatic heterocycles. The number of carbonyl (C=O) groups is 3. The van der Waals surface area contributed by atoms with Crippen LogP contribution in [0.15, 0.2) is 43.0 Å². The summed E-state index contributed by atoms with van der Waals surface area (Å²) in [5.41, 5.74) is 1.01. The lowest BCUT2D eigenvalue weighted by molar-refractivity contribution is -0.644. The van der Waals surface area contributed by atoms with Crippen LogP contribution in [0.5, 0.6) is 0 Å². The third-order valence-corrected chi connectivity index (χ3v) is 3.29. The number of carboxylic acids is 2. The monoisotopic (exact) mass is 404 g/mol. The number of alkyl halides is 3. The van der Waals surface area contributed by atoms with Gasteiger partial charge in [-0.25, -0.2) is 0 Å². The number of carboxylic acid groups (broad SMARTS) is 2. The molecule has 0 unspecified atom stereocenters. The quantitative estimate of drug-likeness (QED) is 0.419. The third kappa shape index (κ3) is 12.5. The topological polar surface area (TPSA) is 114 Å². The molecule has 10 heteroatoms. The SMILES string of the molecule is C=CC[NH2+]CCC(=O)N(CCC(=O)O)Cc1ccccc1.O=C([O-])C(F)(F)F. The molecule has 0 aliphatic rings. The van der Waals surface area contributed by atoms with Gasteiger partial charge < -0.3 is 25.2 Å². The minimum Gasteiger partial charge on any atom is -0.542 e. The Morgan fingerprint density at radius 1 is 1.18 bits per heavy atom. The number of hydrogen-bond donors (Lipinski definition) is 2. The molecule has 3 N–H and O–H groups in total. The van der Waals surface area contributed by atoms with Crippen molar-refractivity contribution in [2.75, 3.05) is 19.6 Å². The molecule has 0 aliphatic carbocycles. The fourth-order valence-electron chi connectivity index (χ4n) is 1.95. The highest BCUT2D eigenvalue weighted by Gasteiger charge is 2.28. The van der Waals surface area contributed by atoms with Crippen LogP contribution in [0.1, 0.15) is 18.4 Å². The van der Waals surface area contributed by atoms with E-state index in [1.807, 2.05) is 35.6 Å². The van der Waals surface area contributed by atoms with Crippen LogP contribution < -0.4 is 10.4 Å². The maximum absolute atomic E-state index is 12.2. The second-order valence-electron chi connectivity index (χ2n) is 5.58. The normalized spacial score (nSPS) is 10.4. The number of benzene rings is 1. The van der Waals surface area contributed by atoms with E-state index in [9.17, 15) is 22.8 Å². The van der Waals surface area contributed by atoms with E-state index in [0.29, 0.717) is 19.5 Å². The first-order valence-corrected chi connectivity index (χ1v) is 8.32. The van der Waals surface area contributed by atoms with Gasteiger partial charge in [-0.2, -0.15) is 13.2 Å². The van der Waals surface area contributed by atoms with Gasteiger partial charge in [-0.3, -0.25) is 9.59 Å². The molecule has 0 saturated carbocycles. The summed E-state index contributed by atoms with van der Waals surface area (Å²) in [6, 6.07) is 9.60. The van der Waals surface area contributed by atoms with E-state index >= 15 is 0 Å². The fourth-order valence-corrected chi connectivity index (χ4v) is 1.95. The van der Waals surface area contributed by atoms with Crippen LogP contribution in [0.3, 0.4) is 0 Å². The number of halogens is 3. The van der Waals surface area contributed by atoms with Crippen molar-refractivity contribution in [3.8, 4) is 0 Å². The van der Waals surface area contributed by atoms with Crippen LogP contribution in [0.2, 0.25) is 0 Å². The molecule has 0 spiro atoms. The average Bonchev–Trinajstić information content (AvgIpc) is 2.62. The zero-order valence-corrected chi connectivity index (χ0v) is 15.2. The number of nitrogens with two attached hydrogens (primary N) is 1. The van der Waals surface area contributed by atoms with Crippen molar-refractivity contribution in [2.24, 2.45) is 0 Å². The van der Waals surface area contributed by atoms with Crippen LogP contribution >= 0.6 is 0 Å². The molecular formula is C18H23F3N2O5. The van der Waals surface area contributed by atoms with Gasteiger partial charge in [0.25, 0.3) is 0 Å². The average molecular weight is 404 g/mol. The molecule has 0 bridgehead atoms. The molecule has 0 saturated heterocycles. The van der Waals surface area contributed by atoms with Crippen molar-refractivity contribution >= 4 is 17.8 Å². The Bertz CT molecular complexity index is 636. The Morgan fingerprint density at radius 3 is 2.21 bits per heavy atom. The molecule has 1 aromatic rings. The molecule has 1 amide bonds. The fraction of sp³-hybridized carbons (Fsp3) is 0.389. The molecule has 28 heavy (non-hydrogen) atoms. The zero-order chi connectivity index (χ0) is 21.6. The highest BCUT2D eigenvalue weighted by Crippen LogP contribution is 2.11. The predicted molar refractivity (Wildman–Crippen MR) is 91.6 cm³/mol. The van der Waals surface area contributed by atoms with Crippen LogP contribution in [-0.4, -0.2) is 53.7 Å². The number of rotatable bonds is 10. The maximum Gasteiger partial charge on any atom is 0.430 e. The molecule has 156 valence electrons. The van der Waals surface area contributed by atoms with E-state index in [-0.39, 0.29) is 18.9 Å². The molecular weight excluding hydrogens is 381 g/mol. The Hall–Kier alpha value is -2.88. The Kier molecular flexibility index (Phi) is 11.9. The van der Waals surface area contributed by atoms with E-state index in [4.69, 9.17) is 15.0 Å². The molecule has 0 fully saturated rings. The molecule has 1 rings (SSSR count). The van der Waals surface area contributed by atoms with Crippen molar-refractivity contribution in [3.05, 3.63) is 48.6 Å². The standard InChI is InChI=1S/C16H22N2O3.C2HF3O2/c1-2-10-17-11-8-15(19)18(12-9-16(20)21)13-14-6-4-3-5-7-14;3-2(4,5)1(6)7/h2-7,17H,1,8-13H2,(H,20,21);(H,6,7). The molecule has 1 aromatic carbocycles. The Labute approximate surface area is 160 Å². The number of carbonyl (C=O) groups excluding carboxylic acids is 2.